The summed E-state index contributed by atoms with van der Waals surface area (Å²) >= 11 is 0. The summed E-state index contributed by atoms with van der Waals surface area (Å²) < 4.78 is 23.3. The first kappa shape index (κ1) is 15.4. The fourth-order valence-corrected chi connectivity index (χ4v) is 3.12. The van der Waals surface area contributed by atoms with Crippen LogP contribution >= 0.6 is 0 Å². The number of hydrogen-bond donors (Lipinski definition) is 1. The highest BCUT2D eigenvalue weighted by molar-refractivity contribution is 7.92. The molecule has 1 saturated heterocycles. The lowest BCUT2D eigenvalue weighted by Crippen LogP contribution is -2.43. The molecule has 1 N–H and O–H groups in total. The molecule has 0 saturated carbocycles. The Bertz CT molecular complexity index is 410. The standard InChI is InChI=1S/C12H24N2O3S/c1-10-9-14(6-5-11(10)13-15)7-8-18(16,17)12(2,3)4/h10,15H,5-9H2,1-4H3. The molecule has 106 valence electrons. The maximum atomic E-state index is 12.0. The molecule has 0 radical (unpaired) electrons. The van der Waals surface area contributed by atoms with Crippen LogP contribution in [0, 0.1) is 5.92 Å². The summed E-state index contributed by atoms with van der Waals surface area (Å²) in [5.74, 6) is 0.385. The van der Waals surface area contributed by atoms with Crippen molar-refractivity contribution in [2.45, 2.75) is 38.9 Å². The monoisotopic (exact) mass is 276 g/mol. The van der Waals surface area contributed by atoms with E-state index in [-0.39, 0.29) is 11.7 Å². The zero-order valence-electron chi connectivity index (χ0n) is 11.7. The van der Waals surface area contributed by atoms with Crippen LogP contribution in [-0.4, -0.2) is 54.4 Å². The van der Waals surface area contributed by atoms with Gasteiger partial charge in [-0.15, -0.1) is 0 Å². The van der Waals surface area contributed by atoms with Gasteiger partial charge >= 0.3 is 0 Å². The second-order valence-corrected chi connectivity index (χ2v) is 8.84. The maximum absolute atomic E-state index is 12.0. The Labute approximate surface area is 110 Å². The molecule has 0 bridgehead atoms. The molecule has 0 spiro atoms. The Hall–Kier alpha value is -0.620. The number of hydrogen-bond acceptors (Lipinski definition) is 5. The summed E-state index contributed by atoms with van der Waals surface area (Å²) in [7, 11) is -3.05. The predicted octanol–water partition coefficient (Wildman–Crippen LogP) is 1.37. The van der Waals surface area contributed by atoms with Crippen molar-refractivity contribution >= 4 is 15.5 Å². The van der Waals surface area contributed by atoms with Crippen LogP contribution in [0.2, 0.25) is 0 Å². The molecule has 18 heavy (non-hydrogen) atoms. The number of rotatable bonds is 3. The highest BCUT2D eigenvalue weighted by Crippen LogP contribution is 2.18. The third-order valence-corrected chi connectivity index (χ3v) is 6.11. The Kier molecular flexibility index (Phi) is 4.78. The molecule has 0 aromatic rings. The normalized spacial score (nSPS) is 25.6. The van der Waals surface area contributed by atoms with E-state index in [4.69, 9.17) is 5.21 Å². The van der Waals surface area contributed by atoms with E-state index in [0.29, 0.717) is 13.0 Å². The van der Waals surface area contributed by atoms with Crippen molar-refractivity contribution in [3.8, 4) is 0 Å². The van der Waals surface area contributed by atoms with Crippen LogP contribution in [0.4, 0.5) is 0 Å². The third-order valence-electron chi connectivity index (χ3n) is 3.52. The van der Waals surface area contributed by atoms with Gasteiger partial charge in [0.2, 0.25) is 0 Å². The second kappa shape index (κ2) is 5.57. The van der Waals surface area contributed by atoms with Crippen LogP contribution in [0.3, 0.4) is 0 Å². The van der Waals surface area contributed by atoms with E-state index in [0.717, 1.165) is 18.8 Å². The molecular formula is C12H24N2O3S. The quantitative estimate of drug-likeness (QED) is 0.624. The maximum Gasteiger partial charge on any atom is 0.156 e. The summed E-state index contributed by atoms with van der Waals surface area (Å²) in [6.45, 7) is 9.29. The van der Waals surface area contributed by atoms with Crippen molar-refractivity contribution in [2.24, 2.45) is 11.1 Å². The van der Waals surface area contributed by atoms with E-state index in [1.807, 2.05) is 6.92 Å². The minimum atomic E-state index is -3.05. The smallest absolute Gasteiger partial charge is 0.156 e. The van der Waals surface area contributed by atoms with Crippen molar-refractivity contribution in [2.75, 3.05) is 25.4 Å². The molecule has 0 aliphatic carbocycles. The molecule has 1 aliphatic rings. The van der Waals surface area contributed by atoms with E-state index >= 15 is 0 Å². The van der Waals surface area contributed by atoms with Gasteiger partial charge in [-0.1, -0.05) is 12.1 Å². The van der Waals surface area contributed by atoms with Gasteiger partial charge in [0, 0.05) is 32.0 Å². The first-order chi connectivity index (χ1) is 8.17. The van der Waals surface area contributed by atoms with Gasteiger partial charge in [0.05, 0.1) is 16.2 Å². The summed E-state index contributed by atoms with van der Waals surface area (Å²) in [5, 5.41) is 12.1. The van der Waals surface area contributed by atoms with Gasteiger partial charge in [-0.2, -0.15) is 0 Å². The minimum Gasteiger partial charge on any atom is -0.411 e. The highest BCUT2D eigenvalue weighted by atomic mass is 32.2. The zero-order chi connectivity index (χ0) is 14.0. The first-order valence-electron chi connectivity index (χ1n) is 6.33. The van der Waals surface area contributed by atoms with Crippen LogP contribution in [0.1, 0.15) is 34.1 Å². The van der Waals surface area contributed by atoms with Crippen molar-refractivity contribution in [1.82, 2.24) is 4.90 Å². The predicted molar refractivity (Wildman–Crippen MR) is 73.0 cm³/mol. The largest absolute Gasteiger partial charge is 0.411 e. The van der Waals surface area contributed by atoms with Gasteiger partial charge in [0.15, 0.2) is 9.84 Å². The van der Waals surface area contributed by atoms with Crippen LogP contribution in [-0.2, 0) is 9.84 Å². The average Bonchev–Trinajstić information content (AvgIpc) is 2.25. The molecule has 1 aliphatic heterocycles. The van der Waals surface area contributed by atoms with Gasteiger partial charge in [0.25, 0.3) is 0 Å². The highest BCUT2D eigenvalue weighted by Gasteiger charge is 2.30. The van der Waals surface area contributed by atoms with Gasteiger partial charge in [-0.3, -0.25) is 0 Å². The Morgan fingerprint density at radius 3 is 2.50 bits per heavy atom. The van der Waals surface area contributed by atoms with Crippen molar-refractivity contribution in [3.05, 3.63) is 0 Å². The summed E-state index contributed by atoms with van der Waals surface area (Å²) in [6.07, 6.45) is 0.716. The lowest BCUT2D eigenvalue weighted by Gasteiger charge is -2.32. The number of nitrogens with zero attached hydrogens (tertiary/aromatic N) is 2. The van der Waals surface area contributed by atoms with Crippen LogP contribution in [0.15, 0.2) is 5.16 Å². The van der Waals surface area contributed by atoms with E-state index < -0.39 is 14.6 Å². The van der Waals surface area contributed by atoms with Gasteiger partial charge in [-0.25, -0.2) is 8.42 Å². The molecule has 6 heteroatoms. The number of likely N-dealkylation sites (tertiary alicyclic amines) is 1. The molecule has 1 atom stereocenters. The average molecular weight is 276 g/mol. The number of sulfone groups is 1. The Balaban J connectivity index is 2.52. The van der Waals surface area contributed by atoms with Crippen LogP contribution in [0.5, 0.6) is 0 Å². The fraction of sp³-hybridized carbons (Fsp3) is 0.917. The van der Waals surface area contributed by atoms with Gasteiger partial charge < -0.3 is 10.1 Å². The van der Waals surface area contributed by atoms with E-state index in [1.165, 1.54) is 0 Å². The first-order valence-corrected chi connectivity index (χ1v) is 7.98. The van der Waals surface area contributed by atoms with Crippen molar-refractivity contribution in [1.29, 1.82) is 0 Å². The Morgan fingerprint density at radius 2 is 2.06 bits per heavy atom. The molecule has 1 unspecified atom stereocenters. The molecule has 5 nitrogen and oxygen atoms in total. The summed E-state index contributed by atoms with van der Waals surface area (Å²) in [6, 6.07) is 0. The number of oxime groups is 1. The Morgan fingerprint density at radius 1 is 1.44 bits per heavy atom. The minimum absolute atomic E-state index is 0.189. The van der Waals surface area contributed by atoms with Crippen LogP contribution < -0.4 is 0 Å². The summed E-state index contributed by atoms with van der Waals surface area (Å²) in [5.41, 5.74) is 0.810. The zero-order valence-corrected chi connectivity index (χ0v) is 12.5. The summed E-state index contributed by atoms with van der Waals surface area (Å²) in [4.78, 5) is 2.13. The molecule has 0 amide bonds. The van der Waals surface area contributed by atoms with E-state index in [2.05, 4.69) is 10.1 Å². The molecule has 1 rings (SSSR count). The van der Waals surface area contributed by atoms with Gasteiger partial charge in [-0.05, 0) is 20.8 Å². The van der Waals surface area contributed by atoms with Crippen molar-refractivity contribution < 1.29 is 13.6 Å². The van der Waals surface area contributed by atoms with E-state index in [1.54, 1.807) is 20.8 Å². The number of piperidine rings is 1. The van der Waals surface area contributed by atoms with E-state index in [9.17, 15) is 8.42 Å². The molecule has 1 heterocycles. The SMILES string of the molecule is CC1CN(CCS(=O)(=O)C(C)(C)C)CCC1=NO. The second-order valence-electron chi connectivity index (χ2n) is 5.97. The van der Waals surface area contributed by atoms with Crippen LogP contribution in [0.25, 0.3) is 0 Å². The molecular weight excluding hydrogens is 252 g/mol. The molecule has 0 aromatic heterocycles. The third kappa shape index (κ3) is 3.68. The lowest BCUT2D eigenvalue weighted by atomic mass is 9.98. The molecule has 1 fully saturated rings. The van der Waals surface area contributed by atoms with Crippen molar-refractivity contribution in [3.63, 3.8) is 0 Å². The topological polar surface area (TPSA) is 70.0 Å². The molecule has 0 aromatic carbocycles. The lowest BCUT2D eigenvalue weighted by molar-refractivity contribution is 0.246. The van der Waals surface area contributed by atoms with Gasteiger partial charge in [0.1, 0.15) is 0 Å². The fourth-order valence-electron chi connectivity index (χ4n) is 2.01.